The second-order valence-electron chi connectivity index (χ2n) is 8.26. The summed E-state index contributed by atoms with van der Waals surface area (Å²) in [4.78, 5) is 36.1. The van der Waals surface area contributed by atoms with Crippen LogP contribution in [0.5, 0.6) is 0 Å². The van der Waals surface area contributed by atoms with Gasteiger partial charge in [-0.2, -0.15) is 0 Å². The second kappa shape index (κ2) is 10.1. The normalized spacial score (nSPS) is 11.2. The number of carbonyl (C=O) groups excluding carboxylic acids is 2. The smallest absolute Gasteiger partial charge is 0.326 e. The van der Waals surface area contributed by atoms with E-state index in [1.54, 1.807) is 58.2 Å². The second-order valence-corrected chi connectivity index (χ2v) is 9.51. The molecule has 3 rings (SSSR count). The molecule has 0 spiro atoms. The van der Waals surface area contributed by atoms with Crippen LogP contribution in [0.4, 0.5) is 5.69 Å². The van der Waals surface area contributed by atoms with Gasteiger partial charge in [-0.25, -0.2) is 9.97 Å². The van der Waals surface area contributed by atoms with Crippen LogP contribution >= 0.6 is 34.8 Å². The van der Waals surface area contributed by atoms with Crippen LogP contribution in [-0.4, -0.2) is 34.0 Å². The Labute approximate surface area is 207 Å². The number of aromatic nitrogens is 2. The Morgan fingerprint density at radius 3 is 2.30 bits per heavy atom. The van der Waals surface area contributed by atoms with Gasteiger partial charge in [0.25, 0.3) is 5.91 Å². The summed E-state index contributed by atoms with van der Waals surface area (Å²) in [7, 11) is 0. The predicted octanol–water partition coefficient (Wildman–Crippen LogP) is 6.40. The summed E-state index contributed by atoms with van der Waals surface area (Å²) in [5.74, 6) is -0.539. The molecule has 0 aliphatic heterocycles. The molecule has 0 fully saturated rings. The average Bonchev–Trinajstić information content (AvgIpc) is 2.70. The van der Waals surface area contributed by atoms with Gasteiger partial charge in [0, 0.05) is 22.5 Å². The molecule has 1 amide bonds. The van der Waals surface area contributed by atoms with Gasteiger partial charge < -0.3 is 4.74 Å². The van der Waals surface area contributed by atoms with Gasteiger partial charge >= 0.3 is 5.97 Å². The van der Waals surface area contributed by atoms with Crippen LogP contribution in [0.2, 0.25) is 15.1 Å². The van der Waals surface area contributed by atoms with E-state index < -0.39 is 17.5 Å². The molecule has 2 aromatic carbocycles. The SMILES string of the molecule is Cc1nccc(-c2cccc(N(CC(=O)OC(C)(C)C)C(=O)c3c(Cl)cc(Cl)cc3Cl)c2)n1. The number of carbonyl (C=O) groups is 2. The fourth-order valence-electron chi connectivity index (χ4n) is 3.11. The molecule has 0 aliphatic rings. The van der Waals surface area contributed by atoms with Gasteiger partial charge in [-0.3, -0.25) is 14.5 Å². The molecule has 3 aromatic rings. The largest absolute Gasteiger partial charge is 0.459 e. The van der Waals surface area contributed by atoms with E-state index in [1.165, 1.54) is 17.0 Å². The number of rotatable bonds is 5. The van der Waals surface area contributed by atoms with Crippen molar-refractivity contribution >= 4 is 52.4 Å². The van der Waals surface area contributed by atoms with Crippen LogP contribution in [0.3, 0.4) is 0 Å². The molecule has 0 N–H and O–H groups in total. The van der Waals surface area contributed by atoms with E-state index >= 15 is 0 Å². The van der Waals surface area contributed by atoms with Crippen molar-refractivity contribution in [3.63, 3.8) is 0 Å². The molecule has 0 unspecified atom stereocenters. The van der Waals surface area contributed by atoms with Crippen molar-refractivity contribution in [2.24, 2.45) is 0 Å². The Kier molecular flexibility index (Phi) is 7.62. The Morgan fingerprint density at radius 2 is 1.70 bits per heavy atom. The van der Waals surface area contributed by atoms with E-state index in [-0.39, 0.29) is 22.2 Å². The summed E-state index contributed by atoms with van der Waals surface area (Å²) in [5.41, 5.74) is 1.18. The lowest BCUT2D eigenvalue weighted by Gasteiger charge is -2.26. The highest BCUT2D eigenvalue weighted by molar-refractivity contribution is 6.42. The van der Waals surface area contributed by atoms with Crippen LogP contribution in [0.1, 0.15) is 37.0 Å². The predicted molar refractivity (Wildman–Crippen MR) is 131 cm³/mol. The fraction of sp³-hybridized carbons (Fsp3) is 0.250. The third kappa shape index (κ3) is 6.44. The van der Waals surface area contributed by atoms with Gasteiger partial charge in [0.15, 0.2) is 0 Å². The highest BCUT2D eigenvalue weighted by Gasteiger charge is 2.28. The van der Waals surface area contributed by atoms with Crippen LogP contribution in [-0.2, 0) is 9.53 Å². The number of hydrogen-bond acceptors (Lipinski definition) is 5. The number of nitrogens with zero attached hydrogens (tertiary/aromatic N) is 3. The zero-order valence-electron chi connectivity index (χ0n) is 18.5. The van der Waals surface area contributed by atoms with Crippen LogP contribution < -0.4 is 4.90 Å². The van der Waals surface area contributed by atoms with Gasteiger partial charge in [0.2, 0.25) is 0 Å². The third-order valence-electron chi connectivity index (χ3n) is 4.40. The molecule has 0 atom stereocenters. The molecule has 0 aliphatic carbocycles. The summed E-state index contributed by atoms with van der Waals surface area (Å²) in [6.45, 7) is 6.69. The summed E-state index contributed by atoms with van der Waals surface area (Å²) in [5, 5.41) is 0.449. The van der Waals surface area contributed by atoms with Gasteiger partial charge in [-0.05, 0) is 58.0 Å². The molecular weight excluding hydrogens is 485 g/mol. The minimum Gasteiger partial charge on any atom is -0.459 e. The lowest BCUT2D eigenvalue weighted by Crippen LogP contribution is -2.39. The number of halogens is 3. The molecule has 0 saturated heterocycles. The number of ether oxygens (including phenoxy) is 1. The highest BCUT2D eigenvalue weighted by atomic mass is 35.5. The maximum absolute atomic E-state index is 13.6. The quantitative estimate of drug-likeness (QED) is 0.374. The first kappa shape index (κ1) is 25.0. The van der Waals surface area contributed by atoms with Crippen molar-refractivity contribution in [2.75, 3.05) is 11.4 Å². The maximum Gasteiger partial charge on any atom is 0.326 e. The molecule has 1 heterocycles. The highest BCUT2D eigenvalue weighted by Crippen LogP contribution is 2.32. The number of benzene rings is 2. The molecule has 0 saturated carbocycles. The van der Waals surface area contributed by atoms with E-state index in [0.29, 0.717) is 22.2 Å². The number of amides is 1. The number of aryl methyl sites for hydroxylation is 1. The maximum atomic E-state index is 13.6. The molecule has 9 heteroatoms. The van der Waals surface area contributed by atoms with Crippen molar-refractivity contribution in [3.05, 3.63) is 75.1 Å². The summed E-state index contributed by atoms with van der Waals surface area (Å²) < 4.78 is 5.45. The van der Waals surface area contributed by atoms with Gasteiger partial charge in [0.1, 0.15) is 18.0 Å². The van der Waals surface area contributed by atoms with Crippen molar-refractivity contribution in [1.29, 1.82) is 0 Å². The standard InChI is InChI=1S/C24H22Cl3N3O3/c1-14-28-9-8-20(29-14)15-6-5-7-17(10-15)30(13-21(31)33-24(2,3)4)23(32)22-18(26)11-16(25)12-19(22)27/h5-12H,13H2,1-4H3. The third-order valence-corrected chi connectivity index (χ3v) is 5.22. The molecule has 33 heavy (non-hydrogen) atoms. The minimum absolute atomic E-state index is 0.0366. The monoisotopic (exact) mass is 505 g/mol. The van der Waals surface area contributed by atoms with Crippen molar-refractivity contribution in [1.82, 2.24) is 9.97 Å². The topological polar surface area (TPSA) is 72.4 Å². The van der Waals surface area contributed by atoms with Crippen molar-refractivity contribution < 1.29 is 14.3 Å². The van der Waals surface area contributed by atoms with Crippen LogP contribution in [0.25, 0.3) is 11.3 Å². The lowest BCUT2D eigenvalue weighted by atomic mass is 10.1. The molecular formula is C24H22Cl3N3O3. The van der Waals surface area contributed by atoms with Crippen LogP contribution in [0.15, 0.2) is 48.7 Å². The Balaban J connectivity index is 2.07. The molecule has 1 aromatic heterocycles. The zero-order valence-corrected chi connectivity index (χ0v) is 20.8. The van der Waals surface area contributed by atoms with Crippen LogP contribution in [0, 0.1) is 6.92 Å². The van der Waals surface area contributed by atoms with Crippen molar-refractivity contribution in [2.45, 2.75) is 33.3 Å². The Bertz CT molecular complexity index is 1190. The number of esters is 1. The number of anilines is 1. The van der Waals surface area contributed by atoms with E-state index in [2.05, 4.69) is 9.97 Å². The summed E-state index contributed by atoms with van der Waals surface area (Å²) >= 11 is 18.6. The Hall–Kier alpha value is -2.67. The summed E-state index contributed by atoms with van der Waals surface area (Å²) in [6.07, 6.45) is 1.65. The first-order chi connectivity index (χ1) is 15.4. The number of hydrogen-bond donors (Lipinski definition) is 0. The van der Waals surface area contributed by atoms with E-state index in [1.807, 2.05) is 6.07 Å². The van der Waals surface area contributed by atoms with Gasteiger partial charge in [-0.15, -0.1) is 0 Å². The molecule has 0 radical (unpaired) electrons. The first-order valence-corrected chi connectivity index (χ1v) is 11.2. The average molecular weight is 507 g/mol. The zero-order chi connectivity index (χ0) is 24.3. The minimum atomic E-state index is -0.721. The van der Waals surface area contributed by atoms with E-state index in [4.69, 9.17) is 39.5 Å². The summed E-state index contributed by atoms with van der Waals surface area (Å²) in [6, 6.07) is 11.7. The Morgan fingerprint density at radius 1 is 1.03 bits per heavy atom. The lowest BCUT2D eigenvalue weighted by molar-refractivity contribution is -0.152. The van der Waals surface area contributed by atoms with Gasteiger partial charge in [-0.1, -0.05) is 46.9 Å². The van der Waals surface area contributed by atoms with Gasteiger partial charge in [0.05, 0.1) is 21.3 Å². The molecule has 172 valence electrons. The molecule has 6 nitrogen and oxygen atoms in total. The fourth-order valence-corrected chi connectivity index (χ4v) is 4.09. The van der Waals surface area contributed by atoms with E-state index in [0.717, 1.165) is 5.56 Å². The van der Waals surface area contributed by atoms with E-state index in [9.17, 15) is 9.59 Å². The molecule has 0 bridgehead atoms. The first-order valence-electron chi connectivity index (χ1n) is 10.0. The van der Waals surface area contributed by atoms with Crippen molar-refractivity contribution in [3.8, 4) is 11.3 Å².